The number of nitrogens with two attached hydrogens (primary N) is 2. The number of hydrogen-bond acceptors (Lipinski definition) is 2. The molecule has 0 aromatic rings. The van der Waals surface area contributed by atoms with Crippen LogP contribution in [0.15, 0.2) is 5.10 Å². The van der Waals surface area contributed by atoms with Gasteiger partial charge in [0.1, 0.15) is 0 Å². The number of alkyl halides is 2. The summed E-state index contributed by atoms with van der Waals surface area (Å²) < 4.78 is 25.5. The maximum absolute atomic E-state index is 12.8. The van der Waals surface area contributed by atoms with Gasteiger partial charge in [-0.05, 0) is 6.42 Å². The highest BCUT2D eigenvalue weighted by molar-refractivity contribution is 5.77. The quantitative estimate of drug-likeness (QED) is 0.236. The zero-order valence-corrected chi connectivity index (χ0v) is 6.63. The van der Waals surface area contributed by atoms with E-state index in [2.05, 4.69) is 5.10 Å². The van der Waals surface area contributed by atoms with E-state index >= 15 is 0 Å². The molecule has 0 bridgehead atoms. The van der Waals surface area contributed by atoms with E-state index < -0.39 is 5.92 Å². The van der Waals surface area contributed by atoms with Crippen molar-refractivity contribution < 1.29 is 8.78 Å². The van der Waals surface area contributed by atoms with Gasteiger partial charge in [-0.15, -0.1) is 5.10 Å². The number of hydrazone groups is 1. The van der Waals surface area contributed by atoms with Gasteiger partial charge in [-0.3, -0.25) is 0 Å². The van der Waals surface area contributed by atoms with E-state index in [1.807, 2.05) is 0 Å². The Morgan fingerprint density at radius 2 is 2.17 bits per heavy atom. The van der Waals surface area contributed by atoms with Crippen molar-refractivity contribution in [3.63, 3.8) is 0 Å². The summed E-state index contributed by atoms with van der Waals surface area (Å²) in [5.41, 5.74) is 5.29. The lowest BCUT2D eigenvalue weighted by molar-refractivity contribution is -0.0470. The van der Waals surface area contributed by atoms with Crippen molar-refractivity contribution in [2.24, 2.45) is 16.7 Å². The van der Waals surface area contributed by atoms with E-state index in [1.165, 1.54) is 4.90 Å². The molecule has 0 aromatic heterocycles. The number of halogens is 2. The summed E-state index contributed by atoms with van der Waals surface area (Å²) in [6.45, 7) is 0.127. The normalized spacial score (nSPS) is 24.2. The van der Waals surface area contributed by atoms with Crippen LogP contribution in [-0.4, -0.2) is 29.9 Å². The molecule has 0 radical (unpaired) electrons. The van der Waals surface area contributed by atoms with Crippen LogP contribution in [-0.2, 0) is 0 Å². The average Bonchev–Trinajstić information content (AvgIpc) is 2.01. The van der Waals surface area contributed by atoms with Gasteiger partial charge in [0.05, 0.1) is 6.54 Å². The topological polar surface area (TPSA) is 67.6 Å². The first kappa shape index (κ1) is 9.02. The van der Waals surface area contributed by atoms with Crippen molar-refractivity contribution in [2.45, 2.75) is 18.8 Å². The molecule has 6 heteroatoms. The Morgan fingerprint density at radius 1 is 1.50 bits per heavy atom. The largest absolute Gasteiger partial charge is 0.368 e. The molecule has 1 aliphatic rings. The van der Waals surface area contributed by atoms with Gasteiger partial charge in [-0.1, -0.05) is 0 Å². The van der Waals surface area contributed by atoms with Crippen LogP contribution in [0.25, 0.3) is 0 Å². The van der Waals surface area contributed by atoms with Gasteiger partial charge >= 0.3 is 0 Å². The van der Waals surface area contributed by atoms with Gasteiger partial charge in [0.15, 0.2) is 0 Å². The van der Waals surface area contributed by atoms with Crippen LogP contribution in [0, 0.1) is 0 Å². The van der Waals surface area contributed by atoms with E-state index in [1.54, 1.807) is 0 Å². The van der Waals surface area contributed by atoms with E-state index in [0.717, 1.165) is 0 Å². The molecule has 1 aliphatic heterocycles. The summed E-state index contributed by atoms with van der Waals surface area (Å²) in [6.07, 6.45) is 0.338. The van der Waals surface area contributed by atoms with Gasteiger partial charge in [-0.2, -0.15) is 0 Å². The second kappa shape index (κ2) is 3.12. The van der Waals surface area contributed by atoms with Gasteiger partial charge in [0.2, 0.25) is 5.96 Å². The van der Waals surface area contributed by atoms with Crippen LogP contribution < -0.4 is 11.6 Å². The third kappa shape index (κ3) is 1.96. The molecule has 0 amide bonds. The van der Waals surface area contributed by atoms with Crippen LogP contribution in [0.2, 0.25) is 0 Å². The summed E-state index contributed by atoms with van der Waals surface area (Å²) in [7, 11) is 0. The van der Waals surface area contributed by atoms with Crippen molar-refractivity contribution in [1.82, 2.24) is 4.90 Å². The highest BCUT2D eigenvalue weighted by atomic mass is 19.3. The predicted molar refractivity (Wildman–Crippen MR) is 41.6 cm³/mol. The fraction of sp³-hybridized carbons (Fsp3) is 0.833. The Balaban J connectivity index is 2.58. The summed E-state index contributed by atoms with van der Waals surface area (Å²) in [6, 6.07) is 0. The number of hydrogen-bond donors (Lipinski definition) is 2. The first-order valence-electron chi connectivity index (χ1n) is 3.71. The van der Waals surface area contributed by atoms with Crippen LogP contribution in [0.1, 0.15) is 12.8 Å². The fourth-order valence-electron chi connectivity index (χ4n) is 1.24. The molecule has 0 spiro atoms. The van der Waals surface area contributed by atoms with E-state index in [0.29, 0.717) is 13.0 Å². The molecule has 0 aromatic carbocycles. The molecule has 1 fully saturated rings. The Labute approximate surface area is 69.2 Å². The molecule has 0 unspecified atom stereocenters. The summed E-state index contributed by atoms with van der Waals surface area (Å²) in [5.74, 6) is 2.19. The van der Waals surface area contributed by atoms with Crippen molar-refractivity contribution in [2.75, 3.05) is 13.1 Å². The molecule has 12 heavy (non-hydrogen) atoms. The summed E-state index contributed by atoms with van der Waals surface area (Å²) in [4.78, 5) is 1.30. The lowest BCUT2D eigenvalue weighted by Crippen LogP contribution is -2.49. The van der Waals surface area contributed by atoms with Gasteiger partial charge < -0.3 is 16.5 Å². The Bertz CT molecular complexity index is 192. The van der Waals surface area contributed by atoms with Gasteiger partial charge in [0.25, 0.3) is 5.92 Å². The highest BCUT2D eigenvalue weighted by Crippen LogP contribution is 2.25. The number of rotatable bonds is 0. The lowest BCUT2D eigenvalue weighted by Gasteiger charge is -2.32. The molecule has 0 aliphatic carbocycles. The molecule has 70 valence electrons. The van der Waals surface area contributed by atoms with Crippen molar-refractivity contribution in [3.05, 3.63) is 0 Å². The van der Waals surface area contributed by atoms with E-state index in [4.69, 9.17) is 11.6 Å². The molecule has 1 rings (SSSR count). The third-order valence-electron chi connectivity index (χ3n) is 1.85. The summed E-state index contributed by atoms with van der Waals surface area (Å²) in [5, 5.41) is 3.16. The standard InChI is InChI=1S/C6H12F2N4/c7-6(8)2-1-3-12(4-6)5(9)11-10/h1-4,10H2,(H2,9,11). The molecule has 4 nitrogen and oxygen atoms in total. The number of piperidine rings is 1. The lowest BCUT2D eigenvalue weighted by atomic mass is 10.1. The fourth-order valence-corrected chi connectivity index (χ4v) is 1.24. The van der Waals surface area contributed by atoms with E-state index in [9.17, 15) is 8.78 Å². The number of likely N-dealkylation sites (tertiary alicyclic amines) is 1. The SMILES string of the molecule is N/N=C(\N)N1CCCC(F)(F)C1. The van der Waals surface area contributed by atoms with Gasteiger partial charge in [-0.25, -0.2) is 8.78 Å². The minimum absolute atomic E-state index is 0.0191. The van der Waals surface area contributed by atoms with Gasteiger partial charge in [0, 0.05) is 13.0 Å². The van der Waals surface area contributed by atoms with Crippen LogP contribution in [0.3, 0.4) is 0 Å². The molecular weight excluding hydrogens is 166 g/mol. The van der Waals surface area contributed by atoms with Crippen LogP contribution >= 0.6 is 0 Å². The minimum atomic E-state index is -2.66. The van der Waals surface area contributed by atoms with E-state index in [-0.39, 0.29) is 18.9 Å². The smallest absolute Gasteiger partial charge is 0.265 e. The first-order valence-corrected chi connectivity index (χ1v) is 3.71. The van der Waals surface area contributed by atoms with Crippen molar-refractivity contribution >= 4 is 5.96 Å². The monoisotopic (exact) mass is 178 g/mol. The first-order chi connectivity index (χ1) is 5.55. The zero-order valence-electron chi connectivity index (χ0n) is 6.63. The number of guanidine groups is 1. The molecule has 4 N–H and O–H groups in total. The molecule has 0 atom stereocenters. The molecular formula is C6H12F2N4. The maximum Gasteiger partial charge on any atom is 0.265 e. The van der Waals surface area contributed by atoms with Crippen LogP contribution in [0.5, 0.6) is 0 Å². The Kier molecular flexibility index (Phi) is 2.35. The third-order valence-corrected chi connectivity index (χ3v) is 1.85. The molecule has 1 heterocycles. The maximum atomic E-state index is 12.8. The average molecular weight is 178 g/mol. The summed E-state index contributed by atoms with van der Waals surface area (Å²) >= 11 is 0. The van der Waals surface area contributed by atoms with Crippen molar-refractivity contribution in [1.29, 1.82) is 0 Å². The Morgan fingerprint density at radius 3 is 2.67 bits per heavy atom. The predicted octanol–water partition coefficient (Wildman–Crippen LogP) is -0.0941. The Hall–Kier alpha value is -1.07. The number of nitrogens with zero attached hydrogens (tertiary/aromatic N) is 2. The highest BCUT2D eigenvalue weighted by Gasteiger charge is 2.35. The molecule has 1 saturated heterocycles. The van der Waals surface area contributed by atoms with Crippen LogP contribution in [0.4, 0.5) is 8.78 Å². The second-order valence-corrected chi connectivity index (χ2v) is 2.87. The van der Waals surface area contributed by atoms with Crippen molar-refractivity contribution in [3.8, 4) is 0 Å². The second-order valence-electron chi connectivity index (χ2n) is 2.87. The minimum Gasteiger partial charge on any atom is -0.368 e. The molecule has 0 saturated carbocycles. The zero-order chi connectivity index (χ0) is 9.19.